The van der Waals surface area contributed by atoms with Gasteiger partial charge in [-0.3, -0.25) is 14.5 Å². The quantitative estimate of drug-likeness (QED) is 0.919. The number of carbonyl (C=O) groups is 2. The molecule has 22 heavy (non-hydrogen) atoms. The van der Waals surface area contributed by atoms with Gasteiger partial charge in [-0.1, -0.05) is 17.8 Å². The van der Waals surface area contributed by atoms with Crippen LogP contribution < -0.4 is 5.32 Å². The van der Waals surface area contributed by atoms with E-state index < -0.39 is 0 Å². The number of likely N-dealkylation sites (tertiary alicyclic amines) is 1. The second-order valence-corrected chi connectivity index (χ2v) is 7.00. The fourth-order valence-corrected chi connectivity index (χ4v) is 3.59. The summed E-state index contributed by atoms with van der Waals surface area (Å²) in [5.74, 6) is -0.147. The Morgan fingerprint density at radius 1 is 1.41 bits per heavy atom. The molecule has 1 saturated heterocycles. The molecule has 1 N–H and O–H groups in total. The lowest BCUT2D eigenvalue weighted by atomic mass is 10.0. The van der Waals surface area contributed by atoms with Gasteiger partial charge in [0.25, 0.3) is 5.91 Å². The molecule has 2 amide bonds. The number of nitrogens with zero attached hydrogens (tertiary/aromatic N) is 3. The molecule has 1 aromatic heterocycles. The zero-order valence-corrected chi connectivity index (χ0v) is 14.5. The van der Waals surface area contributed by atoms with E-state index >= 15 is 0 Å². The maximum atomic E-state index is 12.2. The summed E-state index contributed by atoms with van der Waals surface area (Å²) in [5, 5.41) is 3.32. The Hall–Kier alpha value is -1.47. The van der Waals surface area contributed by atoms with Crippen LogP contribution in [0, 0.1) is 6.92 Å². The minimum absolute atomic E-state index is 0.0636. The highest BCUT2D eigenvalue weighted by Crippen LogP contribution is 2.24. The first-order valence-corrected chi connectivity index (χ1v) is 8.43. The molecule has 122 valence electrons. The van der Waals surface area contributed by atoms with Crippen LogP contribution in [0.2, 0.25) is 0 Å². The summed E-state index contributed by atoms with van der Waals surface area (Å²) >= 11 is 1.23. The highest BCUT2D eigenvalue weighted by atomic mass is 32.1. The van der Waals surface area contributed by atoms with Crippen molar-refractivity contribution >= 4 is 28.3 Å². The van der Waals surface area contributed by atoms with Crippen molar-refractivity contribution in [1.29, 1.82) is 0 Å². The van der Waals surface area contributed by atoms with E-state index in [1.54, 1.807) is 21.0 Å². The number of carbonyl (C=O) groups excluding carboxylic acids is 2. The number of hydrogen-bond acceptors (Lipinski definition) is 5. The Morgan fingerprint density at radius 3 is 2.77 bits per heavy atom. The third-order valence-corrected chi connectivity index (χ3v) is 4.99. The van der Waals surface area contributed by atoms with Crippen molar-refractivity contribution in [3.63, 3.8) is 0 Å². The summed E-state index contributed by atoms with van der Waals surface area (Å²) in [7, 11) is 3.41. The van der Waals surface area contributed by atoms with E-state index in [2.05, 4.69) is 22.1 Å². The lowest BCUT2D eigenvalue weighted by Crippen LogP contribution is -2.42. The first-order valence-electron chi connectivity index (χ1n) is 7.61. The van der Waals surface area contributed by atoms with E-state index in [0.717, 1.165) is 19.4 Å². The SMILES string of the molecule is Cc1nc(NC(=O)CN2CCCCC2C)sc1C(=O)N(C)C. The summed E-state index contributed by atoms with van der Waals surface area (Å²) in [5.41, 5.74) is 0.658. The Bertz CT molecular complexity index is 556. The molecule has 6 nitrogen and oxygen atoms in total. The van der Waals surface area contributed by atoms with E-state index in [-0.39, 0.29) is 11.8 Å². The smallest absolute Gasteiger partial charge is 0.265 e. The number of aromatic nitrogens is 1. The molecule has 7 heteroatoms. The minimum atomic E-state index is -0.0832. The third kappa shape index (κ3) is 4.04. The molecule has 1 unspecified atom stereocenters. The average Bonchev–Trinajstić information content (AvgIpc) is 2.81. The van der Waals surface area contributed by atoms with E-state index in [9.17, 15) is 9.59 Å². The second-order valence-electron chi connectivity index (χ2n) is 6.00. The minimum Gasteiger partial charge on any atom is -0.344 e. The van der Waals surface area contributed by atoms with Crippen molar-refractivity contribution in [3.05, 3.63) is 10.6 Å². The third-order valence-electron chi connectivity index (χ3n) is 3.93. The molecule has 1 aromatic rings. The van der Waals surface area contributed by atoms with Gasteiger partial charge in [-0.25, -0.2) is 4.98 Å². The molecule has 1 fully saturated rings. The fraction of sp³-hybridized carbons (Fsp3) is 0.667. The Labute approximate surface area is 135 Å². The van der Waals surface area contributed by atoms with Crippen molar-refractivity contribution in [2.75, 3.05) is 32.5 Å². The highest BCUT2D eigenvalue weighted by molar-refractivity contribution is 7.17. The molecule has 0 aliphatic carbocycles. The van der Waals surface area contributed by atoms with Crippen LogP contribution in [0.15, 0.2) is 0 Å². The molecule has 0 radical (unpaired) electrons. The monoisotopic (exact) mass is 324 g/mol. The number of thiazole rings is 1. The molecule has 0 spiro atoms. The average molecular weight is 324 g/mol. The van der Waals surface area contributed by atoms with Gasteiger partial charge in [0.05, 0.1) is 12.2 Å². The molecule has 2 rings (SSSR count). The number of aryl methyl sites for hydroxylation is 1. The molecule has 0 saturated carbocycles. The predicted octanol–water partition coefficient (Wildman–Crippen LogP) is 1.97. The number of rotatable bonds is 4. The van der Waals surface area contributed by atoms with Gasteiger partial charge in [0.15, 0.2) is 5.13 Å². The normalized spacial score (nSPS) is 19.0. The van der Waals surface area contributed by atoms with Gasteiger partial charge >= 0.3 is 0 Å². The summed E-state index contributed by atoms with van der Waals surface area (Å²) in [6.07, 6.45) is 3.53. The molecule has 2 heterocycles. The van der Waals surface area contributed by atoms with Crippen LogP contribution >= 0.6 is 11.3 Å². The first kappa shape index (κ1) is 16.9. The molecule has 1 atom stereocenters. The Kier molecular flexibility index (Phi) is 5.52. The Balaban J connectivity index is 1.97. The first-order chi connectivity index (χ1) is 10.4. The topological polar surface area (TPSA) is 65.5 Å². The predicted molar refractivity (Wildman–Crippen MR) is 88.4 cm³/mol. The Morgan fingerprint density at radius 2 is 2.14 bits per heavy atom. The number of nitrogens with one attached hydrogen (secondary N) is 1. The maximum Gasteiger partial charge on any atom is 0.265 e. The number of piperidine rings is 1. The van der Waals surface area contributed by atoms with Gasteiger partial charge in [-0.05, 0) is 33.2 Å². The van der Waals surface area contributed by atoms with Crippen LogP contribution in [0.4, 0.5) is 5.13 Å². The molecular weight excluding hydrogens is 300 g/mol. The van der Waals surface area contributed by atoms with Gasteiger partial charge in [0.2, 0.25) is 5.91 Å². The zero-order chi connectivity index (χ0) is 16.3. The summed E-state index contributed by atoms with van der Waals surface area (Å²) in [4.78, 5) is 32.7. The molecular formula is C15H24N4O2S. The van der Waals surface area contributed by atoms with E-state index in [0.29, 0.717) is 28.3 Å². The maximum absolute atomic E-state index is 12.2. The van der Waals surface area contributed by atoms with Crippen LogP contribution in [-0.4, -0.2) is 59.8 Å². The van der Waals surface area contributed by atoms with Crippen molar-refractivity contribution in [1.82, 2.24) is 14.8 Å². The number of hydrogen-bond donors (Lipinski definition) is 1. The van der Waals surface area contributed by atoms with Gasteiger partial charge in [0.1, 0.15) is 4.88 Å². The van der Waals surface area contributed by atoms with Crippen molar-refractivity contribution in [2.45, 2.75) is 39.2 Å². The molecule has 0 aromatic carbocycles. The van der Waals surface area contributed by atoms with Crippen LogP contribution in [0.5, 0.6) is 0 Å². The van der Waals surface area contributed by atoms with E-state index in [4.69, 9.17) is 0 Å². The summed E-state index contributed by atoms with van der Waals surface area (Å²) < 4.78 is 0. The van der Waals surface area contributed by atoms with Crippen molar-refractivity contribution in [2.24, 2.45) is 0 Å². The van der Waals surface area contributed by atoms with Crippen LogP contribution in [0.3, 0.4) is 0 Å². The van der Waals surface area contributed by atoms with Gasteiger partial charge < -0.3 is 10.2 Å². The van der Waals surface area contributed by atoms with E-state index in [1.165, 1.54) is 22.7 Å². The summed E-state index contributed by atoms with van der Waals surface area (Å²) in [6.45, 7) is 5.30. The molecule has 0 bridgehead atoms. The number of anilines is 1. The van der Waals surface area contributed by atoms with Crippen LogP contribution in [-0.2, 0) is 4.79 Å². The van der Waals surface area contributed by atoms with Crippen LogP contribution in [0.1, 0.15) is 41.6 Å². The standard InChI is InChI=1S/C15H24N4O2S/c1-10-7-5-6-8-19(10)9-12(20)17-15-16-11(2)13(22-15)14(21)18(3)4/h10H,5-9H2,1-4H3,(H,16,17,20). The molecule has 1 aliphatic heterocycles. The number of amides is 2. The largest absolute Gasteiger partial charge is 0.344 e. The zero-order valence-electron chi connectivity index (χ0n) is 13.7. The lowest BCUT2D eigenvalue weighted by Gasteiger charge is -2.32. The lowest BCUT2D eigenvalue weighted by molar-refractivity contribution is -0.118. The summed E-state index contributed by atoms with van der Waals surface area (Å²) in [6, 6.07) is 0.448. The van der Waals surface area contributed by atoms with Crippen LogP contribution in [0.25, 0.3) is 0 Å². The van der Waals surface area contributed by atoms with Crippen molar-refractivity contribution < 1.29 is 9.59 Å². The fourth-order valence-electron chi connectivity index (χ4n) is 2.59. The second kappa shape index (κ2) is 7.19. The van der Waals surface area contributed by atoms with Crippen molar-refractivity contribution in [3.8, 4) is 0 Å². The highest BCUT2D eigenvalue weighted by Gasteiger charge is 2.22. The molecule has 1 aliphatic rings. The van der Waals surface area contributed by atoms with Gasteiger partial charge in [-0.2, -0.15) is 0 Å². The van der Waals surface area contributed by atoms with Gasteiger partial charge in [0, 0.05) is 20.1 Å². The van der Waals surface area contributed by atoms with Gasteiger partial charge in [-0.15, -0.1) is 0 Å². The van der Waals surface area contributed by atoms with E-state index in [1.807, 2.05) is 0 Å².